The monoisotopic (exact) mass is 341 g/mol. The van der Waals surface area contributed by atoms with Crippen molar-refractivity contribution >= 4 is 5.69 Å². The van der Waals surface area contributed by atoms with Crippen molar-refractivity contribution in [2.24, 2.45) is 0 Å². The predicted molar refractivity (Wildman–Crippen MR) is 103 cm³/mol. The molecule has 0 radical (unpaired) electrons. The van der Waals surface area contributed by atoms with E-state index in [1.54, 1.807) is 0 Å². The second-order valence-corrected chi connectivity index (χ2v) is 7.02. The van der Waals surface area contributed by atoms with E-state index in [-0.39, 0.29) is 0 Å². The molecular formula is C21H31N3O. The van der Waals surface area contributed by atoms with Gasteiger partial charge in [0.05, 0.1) is 17.9 Å². The number of rotatable bonds is 6. The van der Waals surface area contributed by atoms with Crippen LogP contribution in [-0.2, 0) is 11.3 Å². The van der Waals surface area contributed by atoms with Crippen molar-refractivity contribution in [3.63, 3.8) is 0 Å². The molecule has 1 fully saturated rings. The van der Waals surface area contributed by atoms with Crippen molar-refractivity contribution in [1.29, 1.82) is 0 Å². The Balaban J connectivity index is 2.02. The fourth-order valence-electron chi connectivity index (χ4n) is 3.97. The summed E-state index contributed by atoms with van der Waals surface area (Å²) >= 11 is 0. The molecule has 4 nitrogen and oxygen atoms in total. The van der Waals surface area contributed by atoms with E-state index in [0.717, 1.165) is 39.0 Å². The summed E-state index contributed by atoms with van der Waals surface area (Å²) in [5.41, 5.74) is 5.46. The van der Waals surface area contributed by atoms with E-state index in [1.165, 1.54) is 22.4 Å². The Bertz CT molecular complexity index is 688. The van der Waals surface area contributed by atoms with E-state index in [0.29, 0.717) is 12.1 Å². The Kier molecular flexibility index (Phi) is 5.79. The molecular weight excluding hydrogens is 310 g/mol. The maximum Gasteiger partial charge on any atom is 0.0760 e. The average Bonchev–Trinajstić information content (AvgIpc) is 3.11. The normalized spacial score (nSPS) is 16.8. The topological polar surface area (TPSA) is 30.3 Å². The lowest BCUT2D eigenvalue weighted by molar-refractivity contribution is 0.0824. The van der Waals surface area contributed by atoms with E-state index in [9.17, 15) is 0 Å². The highest BCUT2D eigenvalue weighted by Crippen LogP contribution is 2.36. The van der Waals surface area contributed by atoms with Crippen molar-refractivity contribution in [2.75, 3.05) is 18.1 Å². The van der Waals surface area contributed by atoms with Crippen molar-refractivity contribution in [3.05, 3.63) is 47.3 Å². The van der Waals surface area contributed by atoms with E-state index in [1.807, 2.05) is 10.9 Å². The van der Waals surface area contributed by atoms with Gasteiger partial charge in [-0.1, -0.05) is 25.1 Å². The van der Waals surface area contributed by atoms with Crippen LogP contribution in [0, 0.1) is 13.8 Å². The zero-order valence-electron chi connectivity index (χ0n) is 16.0. The first-order valence-corrected chi connectivity index (χ1v) is 9.60. The first kappa shape index (κ1) is 18.0. The molecule has 1 aliphatic heterocycles. The van der Waals surface area contributed by atoms with Crippen LogP contribution >= 0.6 is 0 Å². The molecule has 3 rings (SSSR count). The molecule has 2 heterocycles. The molecule has 0 aliphatic carbocycles. The highest BCUT2D eigenvalue weighted by Gasteiger charge is 2.30. The summed E-state index contributed by atoms with van der Waals surface area (Å²) in [6, 6.07) is 7.58. The Morgan fingerprint density at radius 3 is 2.64 bits per heavy atom. The van der Waals surface area contributed by atoms with Crippen molar-refractivity contribution in [1.82, 2.24) is 9.78 Å². The third kappa shape index (κ3) is 3.74. The highest BCUT2D eigenvalue weighted by molar-refractivity contribution is 5.49. The molecule has 136 valence electrons. The molecule has 2 aromatic rings. The van der Waals surface area contributed by atoms with Crippen LogP contribution in [0.25, 0.3) is 0 Å². The maximum absolute atomic E-state index is 5.63. The minimum atomic E-state index is 0.373. The summed E-state index contributed by atoms with van der Waals surface area (Å²) in [5, 5.41) is 4.54. The van der Waals surface area contributed by atoms with Crippen LogP contribution in [0.1, 0.15) is 55.8 Å². The minimum Gasteiger partial charge on any atom is -0.381 e. The van der Waals surface area contributed by atoms with E-state index < -0.39 is 0 Å². The second kappa shape index (κ2) is 8.05. The van der Waals surface area contributed by atoms with Gasteiger partial charge in [-0.2, -0.15) is 5.10 Å². The van der Waals surface area contributed by atoms with Gasteiger partial charge in [-0.15, -0.1) is 0 Å². The lowest BCUT2D eigenvalue weighted by atomic mass is 9.92. The zero-order chi connectivity index (χ0) is 17.8. The molecule has 1 saturated heterocycles. The molecule has 0 bridgehead atoms. The molecule has 4 heteroatoms. The van der Waals surface area contributed by atoms with E-state index in [4.69, 9.17) is 4.74 Å². The Morgan fingerprint density at radius 1 is 1.24 bits per heavy atom. The minimum absolute atomic E-state index is 0.373. The third-order valence-corrected chi connectivity index (χ3v) is 5.55. The number of aryl methyl sites for hydroxylation is 2. The summed E-state index contributed by atoms with van der Waals surface area (Å²) in [7, 11) is 0. The summed E-state index contributed by atoms with van der Waals surface area (Å²) < 4.78 is 7.65. The molecule has 25 heavy (non-hydrogen) atoms. The summed E-state index contributed by atoms with van der Waals surface area (Å²) in [6.07, 6.45) is 7.48. The molecule has 1 aliphatic rings. The Morgan fingerprint density at radius 2 is 2.00 bits per heavy atom. The van der Waals surface area contributed by atoms with Gasteiger partial charge in [0.2, 0.25) is 0 Å². The summed E-state index contributed by atoms with van der Waals surface area (Å²) in [4.78, 5) is 2.61. The van der Waals surface area contributed by atoms with Gasteiger partial charge in [-0.05, 0) is 56.7 Å². The molecule has 1 aromatic heterocycles. The van der Waals surface area contributed by atoms with Crippen LogP contribution in [0.3, 0.4) is 0 Å². The smallest absolute Gasteiger partial charge is 0.0760 e. The van der Waals surface area contributed by atoms with Crippen molar-refractivity contribution in [2.45, 2.75) is 65.6 Å². The Labute approximate surface area is 151 Å². The first-order chi connectivity index (χ1) is 12.2. The number of aromatic nitrogens is 2. The van der Waals surface area contributed by atoms with Gasteiger partial charge in [0.1, 0.15) is 0 Å². The van der Waals surface area contributed by atoms with Gasteiger partial charge in [-0.25, -0.2) is 0 Å². The average molecular weight is 341 g/mol. The molecule has 1 atom stereocenters. The lowest BCUT2D eigenvalue weighted by Gasteiger charge is -2.41. The summed E-state index contributed by atoms with van der Waals surface area (Å²) in [6.45, 7) is 11.5. The number of hydrogen-bond acceptors (Lipinski definition) is 3. The number of anilines is 1. The quantitative estimate of drug-likeness (QED) is 0.766. The molecule has 1 aromatic carbocycles. The predicted octanol–water partition coefficient (Wildman–Crippen LogP) is 4.66. The Hall–Kier alpha value is -1.81. The van der Waals surface area contributed by atoms with Gasteiger partial charge in [-0.3, -0.25) is 4.68 Å². The number of nitrogens with zero attached hydrogens (tertiary/aromatic N) is 3. The molecule has 0 amide bonds. The van der Waals surface area contributed by atoms with Crippen molar-refractivity contribution in [3.8, 4) is 0 Å². The van der Waals surface area contributed by atoms with Gasteiger partial charge < -0.3 is 9.64 Å². The van der Waals surface area contributed by atoms with Crippen molar-refractivity contribution < 1.29 is 4.74 Å². The zero-order valence-corrected chi connectivity index (χ0v) is 16.0. The van der Waals surface area contributed by atoms with Gasteiger partial charge in [0.15, 0.2) is 0 Å². The van der Waals surface area contributed by atoms with Crippen LogP contribution in [0.4, 0.5) is 5.69 Å². The molecule has 0 N–H and O–H groups in total. The van der Waals surface area contributed by atoms with Gasteiger partial charge in [0.25, 0.3) is 0 Å². The summed E-state index contributed by atoms with van der Waals surface area (Å²) in [5.74, 6) is 0. The van der Waals surface area contributed by atoms with Crippen LogP contribution in [0.15, 0.2) is 30.6 Å². The van der Waals surface area contributed by atoms with Crippen LogP contribution in [0.5, 0.6) is 0 Å². The SMILES string of the molecule is CCC(c1cccc(C)c1C)N(c1cnn(CC)c1)C1CCOCC1. The fraction of sp³-hybridized carbons (Fsp3) is 0.571. The molecule has 0 spiro atoms. The highest BCUT2D eigenvalue weighted by atomic mass is 16.5. The standard InChI is InChI=1S/C21H31N3O/c1-5-21(20-9-7-8-16(3)17(20)4)24(18-10-12-25-13-11-18)19-14-22-23(6-2)15-19/h7-9,14-15,18,21H,5-6,10-13H2,1-4H3. The first-order valence-electron chi connectivity index (χ1n) is 9.60. The maximum atomic E-state index is 5.63. The molecule has 1 unspecified atom stereocenters. The van der Waals surface area contributed by atoms with E-state index >= 15 is 0 Å². The number of ether oxygens (including phenoxy) is 1. The number of benzene rings is 1. The third-order valence-electron chi connectivity index (χ3n) is 5.55. The van der Waals surface area contributed by atoms with Crippen LogP contribution in [0.2, 0.25) is 0 Å². The number of hydrogen-bond donors (Lipinski definition) is 0. The van der Waals surface area contributed by atoms with Gasteiger partial charge >= 0.3 is 0 Å². The van der Waals surface area contributed by atoms with Gasteiger partial charge in [0, 0.05) is 32.0 Å². The van der Waals surface area contributed by atoms with Crippen LogP contribution < -0.4 is 4.90 Å². The largest absolute Gasteiger partial charge is 0.381 e. The molecule has 0 saturated carbocycles. The van der Waals surface area contributed by atoms with E-state index in [2.05, 4.69) is 62.1 Å². The fourth-order valence-corrected chi connectivity index (χ4v) is 3.97. The lowest BCUT2D eigenvalue weighted by Crippen LogP contribution is -2.42. The van der Waals surface area contributed by atoms with Crippen LogP contribution in [-0.4, -0.2) is 29.0 Å². The second-order valence-electron chi connectivity index (χ2n) is 7.02.